The van der Waals surface area contributed by atoms with Crippen molar-refractivity contribution in [2.45, 2.75) is 45.2 Å². The zero-order valence-corrected chi connectivity index (χ0v) is 12.1. The lowest BCUT2D eigenvalue weighted by Gasteiger charge is -2.34. The normalized spacial score (nSPS) is 21.9. The molecular formula is C16H22O4. The SMILES string of the molecule is CC1(C)OCC(=O)C(CCCOCc2ccccc2)O1. The van der Waals surface area contributed by atoms with E-state index in [9.17, 15) is 4.79 Å². The summed E-state index contributed by atoms with van der Waals surface area (Å²) in [6.45, 7) is 5.04. The van der Waals surface area contributed by atoms with Gasteiger partial charge >= 0.3 is 0 Å². The molecule has 4 nitrogen and oxygen atoms in total. The van der Waals surface area contributed by atoms with Crippen molar-refractivity contribution < 1.29 is 19.0 Å². The third-order valence-corrected chi connectivity index (χ3v) is 3.21. The molecule has 1 aliphatic rings. The predicted molar refractivity (Wildman–Crippen MR) is 75.2 cm³/mol. The van der Waals surface area contributed by atoms with Crippen molar-refractivity contribution in [1.82, 2.24) is 0 Å². The highest BCUT2D eigenvalue weighted by atomic mass is 16.7. The van der Waals surface area contributed by atoms with Crippen molar-refractivity contribution in [1.29, 1.82) is 0 Å². The Morgan fingerprint density at radius 2 is 2.05 bits per heavy atom. The molecule has 0 N–H and O–H groups in total. The summed E-state index contributed by atoms with van der Waals surface area (Å²) in [7, 11) is 0. The fourth-order valence-corrected chi connectivity index (χ4v) is 2.14. The van der Waals surface area contributed by atoms with Gasteiger partial charge in [-0.15, -0.1) is 0 Å². The molecule has 0 amide bonds. The highest BCUT2D eigenvalue weighted by Gasteiger charge is 2.34. The number of carbonyl (C=O) groups is 1. The summed E-state index contributed by atoms with van der Waals surface area (Å²) in [5.41, 5.74) is 1.16. The first-order chi connectivity index (χ1) is 9.57. The smallest absolute Gasteiger partial charge is 0.187 e. The molecule has 1 atom stereocenters. The number of ketones is 1. The standard InChI is InChI=1S/C16H22O4/c1-16(2)19-12-14(17)15(20-16)9-6-10-18-11-13-7-4-3-5-8-13/h3-5,7-8,15H,6,9-12H2,1-2H3. The number of rotatable bonds is 6. The van der Waals surface area contributed by atoms with Crippen molar-refractivity contribution in [2.75, 3.05) is 13.2 Å². The summed E-state index contributed by atoms with van der Waals surface area (Å²) < 4.78 is 16.5. The molecule has 0 aliphatic carbocycles. The molecule has 110 valence electrons. The third-order valence-electron chi connectivity index (χ3n) is 3.21. The molecule has 0 bridgehead atoms. The largest absolute Gasteiger partial charge is 0.377 e. The Kier molecular flexibility index (Phi) is 5.29. The van der Waals surface area contributed by atoms with Gasteiger partial charge in [0.1, 0.15) is 12.7 Å². The predicted octanol–water partition coefficient (Wildman–Crippen LogP) is 2.70. The summed E-state index contributed by atoms with van der Waals surface area (Å²) >= 11 is 0. The first-order valence-corrected chi connectivity index (χ1v) is 7.03. The fraction of sp³-hybridized carbons (Fsp3) is 0.562. The zero-order valence-electron chi connectivity index (χ0n) is 12.1. The van der Waals surface area contributed by atoms with Crippen LogP contribution in [0, 0.1) is 0 Å². The van der Waals surface area contributed by atoms with E-state index in [-0.39, 0.29) is 18.5 Å². The number of hydrogen-bond donors (Lipinski definition) is 0. The second-order valence-corrected chi connectivity index (χ2v) is 5.44. The summed E-state index contributed by atoms with van der Waals surface area (Å²) in [5.74, 6) is -0.642. The first-order valence-electron chi connectivity index (χ1n) is 7.03. The van der Waals surface area contributed by atoms with Crippen molar-refractivity contribution in [2.24, 2.45) is 0 Å². The highest BCUT2D eigenvalue weighted by Crippen LogP contribution is 2.22. The summed E-state index contributed by atoms with van der Waals surface area (Å²) in [4.78, 5) is 11.7. The van der Waals surface area contributed by atoms with Crippen LogP contribution in [0.2, 0.25) is 0 Å². The van der Waals surface area contributed by atoms with Crippen LogP contribution >= 0.6 is 0 Å². The molecular weight excluding hydrogens is 256 g/mol. The van der Waals surface area contributed by atoms with Crippen LogP contribution in [0.1, 0.15) is 32.3 Å². The van der Waals surface area contributed by atoms with Gasteiger partial charge in [-0.1, -0.05) is 30.3 Å². The van der Waals surface area contributed by atoms with Gasteiger partial charge in [-0.3, -0.25) is 4.79 Å². The van der Waals surface area contributed by atoms with Crippen LogP contribution in [0.4, 0.5) is 0 Å². The summed E-state index contributed by atoms with van der Waals surface area (Å²) in [6, 6.07) is 10.0. The van der Waals surface area contributed by atoms with Crippen LogP contribution in [0.25, 0.3) is 0 Å². The molecule has 0 radical (unpaired) electrons. The first kappa shape index (κ1) is 15.2. The lowest BCUT2D eigenvalue weighted by molar-refractivity contribution is -0.259. The Balaban J connectivity index is 1.64. The monoisotopic (exact) mass is 278 g/mol. The molecule has 1 heterocycles. The maximum absolute atomic E-state index is 11.7. The number of benzene rings is 1. The third kappa shape index (κ3) is 4.71. The second-order valence-electron chi connectivity index (χ2n) is 5.44. The van der Waals surface area contributed by atoms with E-state index in [2.05, 4.69) is 0 Å². The van der Waals surface area contributed by atoms with Crippen molar-refractivity contribution in [3.63, 3.8) is 0 Å². The second kappa shape index (κ2) is 6.97. The molecule has 1 saturated heterocycles. The Hall–Kier alpha value is -1.23. The Morgan fingerprint density at radius 1 is 1.30 bits per heavy atom. The van der Waals surface area contributed by atoms with Gasteiger partial charge in [-0.25, -0.2) is 0 Å². The van der Waals surface area contributed by atoms with E-state index in [1.54, 1.807) is 0 Å². The Bertz CT molecular complexity index is 427. The van der Waals surface area contributed by atoms with E-state index < -0.39 is 5.79 Å². The van der Waals surface area contributed by atoms with E-state index in [4.69, 9.17) is 14.2 Å². The van der Waals surface area contributed by atoms with Gasteiger partial charge in [0.15, 0.2) is 11.6 Å². The number of Topliss-reactive ketones (excluding diaryl/α,β-unsaturated/α-hetero) is 1. The fourth-order valence-electron chi connectivity index (χ4n) is 2.14. The quantitative estimate of drug-likeness (QED) is 0.751. The van der Waals surface area contributed by atoms with Crippen molar-refractivity contribution in [3.8, 4) is 0 Å². The molecule has 1 aromatic carbocycles. The molecule has 0 aromatic heterocycles. The van der Waals surface area contributed by atoms with Gasteiger partial charge in [0, 0.05) is 6.61 Å². The average Bonchev–Trinajstić information content (AvgIpc) is 2.43. The van der Waals surface area contributed by atoms with E-state index >= 15 is 0 Å². The van der Waals surface area contributed by atoms with E-state index in [0.717, 1.165) is 12.0 Å². The van der Waals surface area contributed by atoms with Gasteiger partial charge < -0.3 is 14.2 Å². The average molecular weight is 278 g/mol. The van der Waals surface area contributed by atoms with Gasteiger partial charge in [-0.05, 0) is 32.3 Å². The van der Waals surface area contributed by atoms with E-state index in [0.29, 0.717) is 19.6 Å². The van der Waals surface area contributed by atoms with Crippen LogP contribution in [0.3, 0.4) is 0 Å². The minimum atomic E-state index is -0.663. The van der Waals surface area contributed by atoms with E-state index in [1.807, 2.05) is 44.2 Å². The maximum atomic E-state index is 11.7. The minimum absolute atomic E-state index is 0.0207. The Morgan fingerprint density at radius 3 is 2.80 bits per heavy atom. The number of hydrogen-bond acceptors (Lipinski definition) is 4. The topological polar surface area (TPSA) is 44.8 Å². The van der Waals surface area contributed by atoms with Crippen LogP contribution in [-0.4, -0.2) is 30.9 Å². The summed E-state index contributed by atoms with van der Waals surface area (Å²) in [6.07, 6.45) is 1.12. The lowest BCUT2D eigenvalue weighted by atomic mass is 10.1. The molecule has 0 saturated carbocycles. The van der Waals surface area contributed by atoms with Crippen LogP contribution in [-0.2, 0) is 25.6 Å². The molecule has 2 rings (SSSR count). The van der Waals surface area contributed by atoms with Crippen LogP contribution < -0.4 is 0 Å². The highest BCUT2D eigenvalue weighted by molar-refractivity contribution is 5.84. The van der Waals surface area contributed by atoms with E-state index in [1.165, 1.54) is 0 Å². The van der Waals surface area contributed by atoms with Crippen LogP contribution in [0.15, 0.2) is 30.3 Å². The van der Waals surface area contributed by atoms with Gasteiger partial charge in [-0.2, -0.15) is 0 Å². The summed E-state index contributed by atoms with van der Waals surface area (Å²) in [5, 5.41) is 0. The number of ether oxygens (including phenoxy) is 3. The van der Waals surface area contributed by atoms with Gasteiger partial charge in [0.25, 0.3) is 0 Å². The zero-order chi connectivity index (χ0) is 14.4. The maximum Gasteiger partial charge on any atom is 0.187 e. The molecule has 1 aromatic rings. The Labute approximate surface area is 120 Å². The van der Waals surface area contributed by atoms with Crippen LogP contribution in [0.5, 0.6) is 0 Å². The van der Waals surface area contributed by atoms with Gasteiger partial charge in [0.2, 0.25) is 0 Å². The molecule has 4 heteroatoms. The number of carbonyl (C=O) groups excluding carboxylic acids is 1. The van der Waals surface area contributed by atoms with Gasteiger partial charge in [0.05, 0.1) is 6.61 Å². The molecule has 1 unspecified atom stereocenters. The molecule has 1 fully saturated rings. The molecule has 20 heavy (non-hydrogen) atoms. The minimum Gasteiger partial charge on any atom is -0.377 e. The molecule has 0 spiro atoms. The van der Waals surface area contributed by atoms with Crippen molar-refractivity contribution >= 4 is 5.78 Å². The lowest BCUT2D eigenvalue weighted by Crippen LogP contribution is -2.46. The molecule has 1 aliphatic heterocycles. The van der Waals surface area contributed by atoms with Crippen molar-refractivity contribution in [3.05, 3.63) is 35.9 Å².